The molecule has 0 saturated carbocycles. The molecule has 4 amide bonds. The van der Waals surface area contributed by atoms with E-state index in [-0.39, 0.29) is 30.7 Å². The van der Waals surface area contributed by atoms with Gasteiger partial charge in [0.1, 0.15) is 18.1 Å². The molecule has 2 fully saturated rings. The van der Waals surface area contributed by atoms with E-state index in [1.807, 2.05) is 0 Å². The Labute approximate surface area is 175 Å². The highest BCUT2D eigenvalue weighted by molar-refractivity contribution is 5.94. The van der Waals surface area contributed by atoms with Gasteiger partial charge in [-0.05, 0) is 38.5 Å². The van der Waals surface area contributed by atoms with Gasteiger partial charge in [0.05, 0.1) is 6.54 Å². The van der Waals surface area contributed by atoms with Crippen LogP contribution in [0.4, 0.5) is 0 Å². The van der Waals surface area contributed by atoms with Gasteiger partial charge in [-0.1, -0.05) is 0 Å². The molecule has 0 unspecified atom stereocenters. The van der Waals surface area contributed by atoms with Crippen LogP contribution in [-0.4, -0.2) is 83.7 Å². The number of nitrogens with one attached hydrogen (secondary N) is 1. The molecule has 30 heavy (non-hydrogen) atoms. The standard InChI is InChI=1S/C18H32N8O4/c19-10-14(27)25-8-3-6-13(25)16(29)24-11(4-1-7-23-18(21)22)17(30)26-9-2-5-12(26)15(20)28/h11-13H,1-10,19H2,(H2,20,28)(H,24,29)(H4,21,22,23)/t11-,12+,13+/m1/s1. The number of hydrogen-bond acceptors (Lipinski definition) is 6. The number of carbonyl (C=O) groups excluding carboxylic acids is 4. The molecule has 12 nitrogen and oxygen atoms in total. The average Bonchev–Trinajstić information content (AvgIpc) is 3.38. The third kappa shape index (κ3) is 5.81. The molecule has 0 radical (unpaired) electrons. The molecule has 2 saturated heterocycles. The summed E-state index contributed by atoms with van der Waals surface area (Å²) in [7, 11) is 0. The maximum absolute atomic E-state index is 13.1. The topological polar surface area (TPSA) is 203 Å². The summed E-state index contributed by atoms with van der Waals surface area (Å²) in [6.45, 7) is 0.961. The number of primary amides is 1. The highest BCUT2D eigenvalue weighted by Gasteiger charge is 2.39. The lowest BCUT2D eigenvalue weighted by Crippen LogP contribution is -2.56. The number of amides is 4. The summed E-state index contributed by atoms with van der Waals surface area (Å²) in [6, 6.07) is -2.22. The number of likely N-dealkylation sites (tertiary alicyclic amines) is 2. The van der Waals surface area contributed by atoms with Crippen molar-refractivity contribution in [3.8, 4) is 0 Å². The van der Waals surface area contributed by atoms with Gasteiger partial charge in [0, 0.05) is 19.6 Å². The van der Waals surface area contributed by atoms with Crippen molar-refractivity contribution < 1.29 is 19.2 Å². The first kappa shape index (κ1) is 23.4. The SMILES string of the molecule is NCC(=O)N1CCC[C@H]1C(=O)N[C@H](CCCN=C(N)N)C(=O)N1CCC[C@H]1C(N)=O. The molecule has 9 N–H and O–H groups in total. The highest BCUT2D eigenvalue weighted by Crippen LogP contribution is 2.21. The van der Waals surface area contributed by atoms with Gasteiger partial charge < -0.3 is 38.1 Å². The Kier molecular flexibility index (Phi) is 8.39. The van der Waals surface area contributed by atoms with E-state index in [0.29, 0.717) is 51.7 Å². The highest BCUT2D eigenvalue weighted by atomic mass is 16.2. The number of carbonyl (C=O) groups is 4. The Hall–Kier alpha value is -2.89. The first-order chi connectivity index (χ1) is 14.3. The Morgan fingerprint density at radius 1 is 1.00 bits per heavy atom. The minimum atomic E-state index is -0.873. The van der Waals surface area contributed by atoms with Crippen molar-refractivity contribution >= 4 is 29.6 Å². The van der Waals surface area contributed by atoms with Crippen molar-refractivity contribution in [2.24, 2.45) is 27.9 Å². The summed E-state index contributed by atoms with van der Waals surface area (Å²) in [4.78, 5) is 56.5. The predicted molar refractivity (Wildman–Crippen MR) is 110 cm³/mol. The monoisotopic (exact) mass is 424 g/mol. The molecule has 0 aromatic carbocycles. The molecule has 0 spiro atoms. The fourth-order valence-electron chi connectivity index (χ4n) is 4.01. The van der Waals surface area contributed by atoms with Gasteiger partial charge >= 0.3 is 0 Å². The molecule has 12 heteroatoms. The van der Waals surface area contributed by atoms with E-state index in [1.54, 1.807) is 0 Å². The third-order valence-corrected chi connectivity index (χ3v) is 5.47. The van der Waals surface area contributed by atoms with Crippen LogP contribution < -0.4 is 28.3 Å². The van der Waals surface area contributed by atoms with Crippen molar-refractivity contribution in [2.75, 3.05) is 26.2 Å². The van der Waals surface area contributed by atoms with Gasteiger partial charge in [0.25, 0.3) is 0 Å². The second-order valence-electron chi connectivity index (χ2n) is 7.55. The molecular formula is C18H32N8O4. The molecule has 0 bridgehead atoms. The normalized spacial score (nSPS) is 21.9. The number of guanidine groups is 1. The van der Waals surface area contributed by atoms with Crippen molar-refractivity contribution in [1.29, 1.82) is 0 Å². The zero-order chi connectivity index (χ0) is 22.3. The summed E-state index contributed by atoms with van der Waals surface area (Å²) in [5.41, 5.74) is 21.5. The van der Waals surface area contributed by atoms with Gasteiger partial charge in [0.2, 0.25) is 23.6 Å². The van der Waals surface area contributed by atoms with Crippen LogP contribution >= 0.6 is 0 Å². The molecule has 0 aromatic heterocycles. The van der Waals surface area contributed by atoms with E-state index >= 15 is 0 Å². The third-order valence-electron chi connectivity index (χ3n) is 5.47. The maximum atomic E-state index is 13.1. The first-order valence-electron chi connectivity index (χ1n) is 10.2. The van der Waals surface area contributed by atoms with Gasteiger partial charge in [-0.3, -0.25) is 24.2 Å². The van der Waals surface area contributed by atoms with Gasteiger partial charge in [0.15, 0.2) is 5.96 Å². The molecule has 3 atom stereocenters. The second-order valence-corrected chi connectivity index (χ2v) is 7.55. The maximum Gasteiger partial charge on any atom is 0.245 e. The Morgan fingerprint density at radius 3 is 2.23 bits per heavy atom. The number of hydrogen-bond donors (Lipinski definition) is 5. The van der Waals surface area contributed by atoms with Gasteiger partial charge in [-0.2, -0.15) is 0 Å². The fourth-order valence-corrected chi connectivity index (χ4v) is 4.01. The summed E-state index contributed by atoms with van der Waals surface area (Å²) in [5.74, 6) is -1.72. The van der Waals surface area contributed by atoms with Crippen LogP contribution in [0, 0.1) is 0 Å². The number of nitrogens with two attached hydrogens (primary N) is 4. The first-order valence-corrected chi connectivity index (χ1v) is 10.2. The van der Waals surface area contributed by atoms with Crippen molar-refractivity contribution in [1.82, 2.24) is 15.1 Å². The Balaban J connectivity index is 2.11. The van der Waals surface area contributed by atoms with E-state index in [9.17, 15) is 19.2 Å². The lowest BCUT2D eigenvalue weighted by Gasteiger charge is -2.30. The van der Waals surface area contributed by atoms with Crippen LogP contribution in [0.5, 0.6) is 0 Å². The number of aliphatic imine (C=N–C) groups is 1. The van der Waals surface area contributed by atoms with E-state index in [1.165, 1.54) is 9.80 Å². The quantitative estimate of drug-likeness (QED) is 0.147. The van der Waals surface area contributed by atoms with Crippen LogP contribution in [0.1, 0.15) is 38.5 Å². The predicted octanol–water partition coefficient (Wildman–Crippen LogP) is -3.05. The molecule has 2 rings (SSSR count). The second kappa shape index (κ2) is 10.8. The number of rotatable bonds is 9. The summed E-state index contributed by atoms with van der Waals surface area (Å²) < 4.78 is 0. The Bertz CT molecular complexity index is 694. The van der Waals surface area contributed by atoms with E-state index in [4.69, 9.17) is 22.9 Å². The van der Waals surface area contributed by atoms with Gasteiger partial charge in [-0.25, -0.2) is 0 Å². The summed E-state index contributed by atoms with van der Waals surface area (Å²) in [6.07, 6.45) is 3.07. The largest absolute Gasteiger partial charge is 0.370 e. The lowest BCUT2D eigenvalue weighted by atomic mass is 10.1. The molecule has 168 valence electrons. The minimum Gasteiger partial charge on any atom is -0.370 e. The molecule has 2 heterocycles. The van der Waals surface area contributed by atoms with Crippen LogP contribution in [-0.2, 0) is 19.2 Å². The van der Waals surface area contributed by atoms with E-state index in [0.717, 1.165) is 0 Å². The fraction of sp³-hybridized carbons (Fsp3) is 0.722. The van der Waals surface area contributed by atoms with Crippen LogP contribution in [0.15, 0.2) is 4.99 Å². The zero-order valence-corrected chi connectivity index (χ0v) is 17.1. The smallest absolute Gasteiger partial charge is 0.245 e. The van der Waals surface area contributed by atoms with Crippen molar-refractivity contribution in [3.63, 3.8) is 0 Å². The summed E-state index contributed by atoms with van der Waals surface area (Å²) >= 11 is 0. The Morgan fingerprint density at radius 2 is 1.63 bits per heavy atom. The van der Waals surface area contributed by atoms with Crippen LogP contribution in [0.25, 0.3) is 0 Å². The van der Waals surface area contributed by atoms with Gasteiger partial charge in [-0.15, -0.1) is 0 Å². The molecular weight excluding hydrogens is 392 g/mol. The average molecular weight is 425 g/mol. The van der Waals surface area contributed by atoms with E-state index in [2.05, 4.69) is 10.3 Å². The zero-order valence-electron chi connectivity index (χ0n) is 17.1. The minimum absolute atomic E-state index is 0.0582. The summed E-state index contributed by atoms with van der Waals surface area (Å²) in [5, 5.41) is 2.76. The molecule has 2 aliphatic heterocycles. The lowest BCUT2D eigenvalue weighted by molar-refractivity contribution is -0.142. The molecule has 0 aliphatic carbocycles. The number of nitrogens with zero attached hydrogens (tertiary/aromatic N) is 3. The van der Waals surface area contributed by atoms with E-state index < -0.39 is 29.9 Å². The van der Waals surface area contributed by atoms with Crippen molar-refractivity contribution in [2.45, 2.75) is 56.7 Å². The molecule has 0 aromatic rings. The van der Waals surface area contributed by atoms with Crippen molar-refractivity contribution in [3.05, 3.63) is 0 Å². The van der Waals surface area contributed by atoms with Crippen LogP contribution in [0.2, 0.25) is 0 Å². The van der Waals surface area contributed by atoms with Crippen LogP contribution in [0.3, 0.4) is 0 Å². The molecule has 2 aliphatic rings.